The van der Waals surface area contributed by atoms with Gasteiger partial charge in [0.05, 0.1) is 5.69 Å². The van der Waals surface area contributed by atoms with Crippen LogP contribution in [0.3, 0.4) is 0 Å². The Hall–Kier alpha value is -2.05. The van der Waals surface area contributed by atoms with E-state index in [1.54, 1.807) is 6.07 Å². The van der Waals surface area contributed by atoms with Gasteiger partial charge in [-0.25, -0.2) is 9.49 Å². The van der Waals surface area contributed by atoms with Crippen LogP contribution in [0.4, 0.5) is 4.39 Å². The Morgan fingerprint density at radius 2 is 2.03 bits per heavy atom. The van der Waals surface area contributed by atoms with E-state index in [0.717, 1.165) is 66.7 Å². The van der Waals surface area contributed by atoms with Crippen LogP contribution in [0.25, 0.3) is 0 Å². The highest BCUT2D eigenvalue weighted by atomic mass is 19.1. The van der Waals surface area contributed by atoms with E-state index in [2.05, 4.69) is 34.1 Å². The number of likely N-dealkylation sites (tertiary alicyclic amines) is 1. The van der Waals surface area contributed by atoms with Gasteiger partial charge in [0, 0.05) is 36.7 Å². The second-order valence-electron chi connectivity index (χ2n) is 8.74. The second-order valence-corrected chi connectivity index (χ2v) is 8.74. The molecule has 1 saturated heterocycles. The van der Waals surface area contributed by atoms with Gasteiger partial charge < -0.3 is 9.80 Å². The predicted molar refractivity (Wildman–Crippen MR) is 113 cm³/mol. The van der Waals surface area contributed by atoms with Gasteiger partial charge in [0.25, 0.3) is 5.56 Å². The van der Waals surface area contributed by atoms with Crippen LogP contribution in [0.2, 0.25) is 0 Å². The molecule has 4 rings (SSSR count). The molecule has 0 radical (unpaired) electrons. The van der Waals surface area contributed by atoms with Crippen molar-refractivity contribution in [3.8, 4) is 0 Å². The van der Waals surface area contributed by atoms with Gasteiger partial charge in [-0.1, -0.05) is 12.1 Å². The summed E-state index contributed by atoms with van der Waals surface area (Å²) in [6.45, 7) is 2.70. The molecule has 1 aliphatic carbocycles. The smallest absolute Gasteiger partial charge is 0.267 e. The molecule has 1 aromatic carbocycles. The van der Waals surface area contributed by atoms with E-state index in [9.17, 15) is 9.18 Å². The Bertz CT molecular complexity index is 926. The Kier molecular flexibility index (Phi) is 6.11. The average Bonchev–Trinajstić information content (AvgIpc) is 3.11. The van der Waals surface area contributed by atoms with Crippen molar-refractivity contribution in [3.05, 3.63) is 62.3 Å². The molecule has 156 valence electrons. The molecule has 1 atom stereocenters. The van der Waals surface area contributed by atoms with Crippen molar-refractivity contribution in [2.24, 2.45) is 0 Å². The van der Waals surface area contributed by atoms with Crippen molar-refractivity contribution in [1.29, 1.82) is 0 Å². The fourth-order valence-electron chi connectivity index (χ4n) is 4.85. The quantitative estimate of drug-likeness (QED) is 0.813. The van der Waals surface area contributed by atoms with Gasteiger partial charge in [-0.2, -0.15) is 5.10 Å². The molecule has 6 heteroatoms. The standard InChI is InChI=1S/C23H31FN4O/c1-27(15-18-6-5-11-28(18)2)14-17-12-16(9-10-21(17)24)13-22-19-7-3-4-8-20(19)23(29)26-25-22/h9-10,12,18H,3-8,11,13-15H2,1-2H3,(H,26,29)/t18-/m1/s1. The Balaban J connectivity index is 1.49. The average molecular weight is 399 g/mol. The molecule has 0 spiro atoms. The highest BCUT2D eigenvalue weighted by molar-refractivity contribution is 5.35. The van der Waals surface area contributed by atoms with Crippen molar-refractivity contribution < 1.29 is 4.39 Å². The van der Waals surface area contributed by atoms with Gasteiger partial charge in [0.2, 0.25) is 0 Å². The van der Waals surface area contributed by atoms with Crippen molar-refractivity contribution in [1.82, 2.24) is 20.0 Å². The molecule has 2 aromatic rings. The third-order valence-corrected chi connectivity index (χ3v) is 6.50. The molecular formula is C23H31FN4O. The number of halogens is 1. The lowest BCUT2D eigenvalue weighted by molar-refractivity contribution is 0.214. The zero-order valence-corrected chi connectivity index (χ0v) is 17.5. The Morgan fingerprint density at radius 1 is 1.24 bits per heavy atom. The van der Waals surface area contributed by atoms with Crippen LogP contribution in [0.15, 0.2) is 23.0 Å². The molecule has 0 unspecified atom stereocenters. The van der Waals surface area contributed by atoms with E-state index in [0.29, 0.717) is 19.0 Å². The number of aromatic amines is 1. The summed E-state index contributed by atoms with van der Waals surface area (Å²) >= 11 is 0. The summed E-state index contributed by atoms with van der Waals surface area (Å²) in [5.74, 6) is -0.156. The monoisotopic (exact) mass is 398 g/mol. The fourth-order valence-corrected chi connectivity index (χ4v) is 4.85. The minimum Gasteiger partial charge on any atom is -0.302 e. The molecule has 0 bridgehead atoms. The minimum absolute atomic E-state index is 0.0539. The molecule has 2 heterocycles. The van der Waals surface area contributed by atoms with Gasteiger partial charge in [0.1, 0.15) is 5.82 Å². The summed E-state index contributed by atoms with van der Waals surface area (Å²) in [6, 6.07) is 5.93. The molecule has 0 saturated carbocycles. The number of nitrogens with one attached hydrogen (secondary N) is 1. The number of likely N-dealkylation sites (N-methyl/N-ethyl adjacent to an activating group) is 2. The summed E-state index contributed by atoms with van der Waals surface area (Å²) in [7, 11) is 4.24. The number of rotatable bonds is 6. The first-order chi connectivity index (χ1) is 14.0. The molecule has 2 aliphatic rings. The van der Waals surface area contributed by atoms with Crippen LogP contribution >= 0.6 is 0 Å². The fraction of sp³-hybridized carbons (Fsp3) is 0.565. The highest BCUT2D eigenvalue weighted by Crippen LogP contribution is 2.23. The topological polar surface area (TPSA) is 52.2 Å². The zero-order chi connectivity index (χ0) is 20.4. The zero-order valence-electron chi connectivity index (χ0n) is 17.5. The maximum Gasteiger partial charge on any atom is 0.267 e. The normalized spacial score (nSPS) is 19.7. The molecule has 29 heavy (non-hydrogen) atoms. The van der Waals surface area contributed by atoms with Gasteiger partial charge >= 0.3 is 0 Å². The van der Waals surface area contributed by atoms with Gasteiger partial charge in [0.15, 0.2) is 0 Å². The van der Waals surface area contributed by atoms with Crippen LogP contribution in [-0.2, 0) is 25.8 Å². The van der Waals surface area contributed by atoms with Gasteiger partial charge in [-0.15, -0.1) is 0 Å². The lowest BCUT2D eigenvalue weighted by atomic mass is 9.90. The number of hydrogen-bond acceptors (Lipinski definition) is 4. The van der Waals surface area contributed by atoms with Crippen LogP contribution in [0.5, 0.6) is 0 Å². The third-order valence-electron chi connectivity index (χ3n) is 6.50. The van der Waals surface area contributed by atoms with E-state index in [-0.39, 0.29) is 11.4 Å². The number of hydrogen-bond donors (Lipinski definition) is 1. The maximum atomic E-state index is 14.5. The van der Waals surface area contributed by atoms with Crippen molar-refractivity contribution >= 4 is 0 Å². The maximum absolute atomic E-state index is 14.5. The Morgan fingerprint density at radius 3 is 2.79 bits per heavy atom. The summed E-state index contributed by atoms with van der Waals surface area (Å²) < 4.78 is 14.5. The molecule has 1 fully saturated rings. The minimum atomic E-state index is -0.156. The lowest BCUT2D eigenvalue weighted by Gasteiger charge is -2.26. The third kappa shape index (κ3) is 4.59. The molecular weight excluding hydrogens is 367 g/mol. The second kappa shape index (κ2) is 8.76. The van der Waals surface area contributed by atoms with Crippen LogP contribution in [0, 0.1) is 5.82 Å². The molecule has 1 aromatic heterocycles. The number of benzene rings is 1. The first-order valence-corrected chi connectivity index (χ1v) is 10.8. The molecule has 1 N–H and O–H groups in total. The van der Waals surface area contributed by atoms with E-state index < -0.39 is 0 Å². The lowest BCUT2D eigenvalue weighted by Crippen LogP contribution is -2.36. The summed E-state index contributed by atoms with van der Waals surface area (Å²) in [5, 5.41) is 6.99. The largest absolute Gasteiger partial charge is 0.302 e. The SMILES string of the molecule is CN(Cc1cc(Cc2n[nH]c(=O)c3c2CCCC3)ccc1F)C[C@H]1CCCN1C. The van der Waals surface area contributed by atoms with Crippen molar-refractivity contribution in [3.63, 3.8) is 0 Å². The molecule has 5 nitrogen and oxygen atoms in total. The molecule has 0 amide bonds. The van der Waals surface area contributed by atoms with Crippen LogP contribution in [0.1, 0.15) is 53.6 Å². The van der Waals surface area contributed by atoms with E-state index in [4.69, 9.17) is 0 Å². The summed E-state index contributed by atoms with van der Waals surface area (Å²) in [5.41, 5.74) is 4.64. The Labute approximate surface area is 171 Å². The van der Waals surface area contributed by atoms with Crippen LogP contribution < -0.4 is 5.56 Å². The number of aromatic nitrogens is 2. The number of nitrogens with zero attached hydrogens (tertiary/aromatic N) is 3. The van der Waals surface area contributed by atoms with E-state index in [1.165, 1.54) is 12.8 Å². The first kappa shape index (κ1) is 20.2. The first-order valence-electron chi connectivity index (χ1n) is 10.8. The van der Waals surface area contributed by atoms with E-state index >= 15 is 0 Å². The van der Waals surface area contributed by atoms with Crippen molar-refractivity contribution in [2.45, 2.75) is 57.5 Å². The number of H-pyrrole nitrogens is 1. The summed E-state index contributed by atoms with van der Waals surface area (Å²) in [6.07, 6.45) is 6.98. The van der Waals surface area contributed by atoms with Crippen molar-refractivity contribution in [2.75, 3.05) is 27.2 Å². The van der Waals surface area contributed by atoms with Crippen LogP contribution in [-0.4, -0.2) is 53.2 Å². The van der Waals surface area contributed by atoms with E-state index in [1.807, 2.05) is 12.1 Å². The predicted octanol–water partition coefficient (Wildman–Crippen LogP) is 2.90. The van der Waals surface area contributed by atoms with Gasteiger partial charge in [-0.05, 0) is 76.4 Å². The summed E-state index contributed by atoms with van der Waals surface area (Å²) in [4.78, 5) is 16.7. The highest BCUT2D eigenvalue weighted by Gasteiger charge is 2.23. The number of fused-ring (bicyclic) bond motifs is 1. The van der Waals surface area contributed by atoms with Gasteiger partial charge in [-0.3, -0.25) is 4.79 Å². The molecule has 1 aliphatic heterocycles.